The molecule has 5 nitrogen and oxygen atoms in total. The Bertz CT molecular complexity index is 1310. The summed E-state index contributed by atoms with van der Waals surface area (Å²) in [5, 5.41) is 8.88. The zero-order chi connectivity index (χ0) is 24.8. The van der Waals surface area contributed by atoms with Crippen molar-refractivity contribution in [2.24, 2.45) is 0 Å². The molecular weight excluding hydrogens is 484 g/mol. The highest BCUT2D eigenvalue weighted by Gasteiger charge is 2.19. The summed E-state index contributed by atoms with van der Waals surface area (Å²) in [5.74, 6) is 1.02. The van der Waals surface area contributed by atoms with E-state index >= 15 is 0 Å². The molecule has 5 rings (SSSR count). The molecule has 188 valence electrons. The number of fused-ring (bicyclic) bond motifs is 1. The average Bonchev–Trinajstić information content (AvgIpc) is 3.52. The zero-order valence-corrected chi connectivity index (χ0v) is 21.7. The second-order valence-corrected chi connectivity index (χ2v) is 10.2. The molecular formula is C29H34N4OS2. The van der Waals surface area contributed by atoms with Gasteiger partial charge in [-0.25, -0.2) is 4.98 Å². The summed E-state index contributed by atoms with van der Waals surface area (Å²) in [7, 11) is 0. The number of benzene rings is 2. The van der Waals surface area contributed by atoms with Gasteiger partial charge in [0, 0.05) is 52.1 Å². The molecule has 0 amide bonds. The Hall–Kier alpha value is -3.00. The van der Waals surface area contributed by atoms with Crippen molar-refractivity contribution in [3.05, 3.63) is 89.6 Å². The van der Waals surface area contributed by atoms with Gasteiger partial charge in [0.1, 0.15) is 5.82 Å². The lowest BCUT2D eigenvalue weighted by Crippen LogP contribution is -2.18. The third kappa shape index (κ3) is 6.22. The van der Waals surface area contributed by atoms with Crippen LogP contribution in [0.5, 0.6) is 0 Å². The van der Waals surface area contributed by atoms with Crippen LogP contribution in [0.1, 0.15) is 42.7 Å². The molecule has 1 aliphatic heterocycles. The van der Waals surface area contributed by atoms with Gasteiger partial charge in [-0.1, -0.05) is 49.4 Å². The third-order valence-corrected chi connectivity index (χ3v) is 7.47. The molecule has 0 saturated carbocycles. The minimum Gasteiger partial charge on any atom is -0.357 e. The SMILES string of the molecule is C.C=Cc1c(C=N)c2ccc(N3CCCC3)nc2n1Sc1ccc(C)cc1.Cc1ccc(SO)cc1. The van der Waals surface area contributed by atoms with Crippen LogP contribution < -0.4 is 4.90 Å². The van der Waals surface area contributed by atoms with E-state index in [1.165, 1.54) is 30.2 Å². The number of nitrogens with zero attached hydrogens (tertiary/aromatic N) is 3. The lowest BCUT2D eigenvalue weighted by molar-refractivity contribution is 0.664. The van der Waals surface area contributed by atoms with Gasteiger partial charge in [0.2, 0.25) is 0 Å². The van der Waals surface area contributed by atoms with Crippen molar-refractivity contribution in [1.29, 1.82) is 5.41 Å². The van der Waals surface area contributed by atoms with Crippen LogP contribution in [0.25, 0.3) is 17.1 Å². The number of aryl methyl sites for hydroxylation is 2. The number of hydrogen-bond acceptors (Lipinski definition) is 6. The summed E-state index contributed by atoms with van der Waals surface area (Å²) < 4.78 is 10.6. The van der Waals surface area contributed by atoms with Crippen molar-refractivity contribution in [2.45, 2.75) is 43.9 Å². The number of nitrogens with one attached hydrogen (secondary N) is 1. The highest BCUT2D eigenvalue weighted by molar-refractivity contribution is 7.98. The van der Waals surface area contributed by atoms with Crippen LogP contribution in [0.3, 0.4) is 0 Å². The van der Waals surface area contributed by atoms with E-state index in [0.717, 1.165) is 63.0 Å². The molecule has 0 aliphatic carbocycles. The molecule has 0 radical (unpaired) electrons. The van der Waals surface area contributed by atoms with E-state index in [2.05, 4.69) is 58.8 Å². The van der Waals surface area contributed by atoms with E-state index < -0.39 is 0 Å². The zero-order valence-electron chi connectivity index (χ0n) is 20.1. The highest BCUT2D eigenvalue weighted by atomic mass is 32.2. The first-order valence-corrected chi connectivity index (χ1v) is 13.1. The minimum absolute atomic E-state index is 0. The summed E-state index contributed by atoms with van der Waals surface area (Å²) in [4.78, 5) is 9.33. The predicted molar refractivity (Wildman–Crippen MR) is 158 cm³/mol. The minimum atomic E-state index is 0. The van der Waals surface area contributed by atoms with E-state index in [1.54, 1.807) is 11.9 Å². The third-order valence-electron chi connectivity index (χ3n) is 5.95. The molecule has 1 fully saturated rings. The quantitative estimate of drug-likeness (QED) is 0.198. The van der Waals surface area contributed by atoms with Crippen LogP contribution in [0.2, 0.25) is 0 Å². The molecule has 0 atom stereocenters. The van der Waals surface area contributed by atoms with Crippen molar-refractivity contribution in [2.75, 3.05) is 18.0 Å². The Morgan fingerprint density at radius 3 is 2.03 bits per heavy atom. The van der Waals surface area contributed by atoms with Crippen molar-refractivity contribution in [3.63, 3.8) is 0 Å². The fourth-order valence-electron chi connectivity index (χ4n) is 4.03. The van der Waals surface area contributed by atoms with Gasteiger partial charge in [-0.05, 0) is 81.1 Å². The lowest BCUT2D eigenvalue weighted by Gasteiger charge is -2.16. The summed E-state index contributed by atoms with van der Waals surface area (Å²) in [6, 6.07) is 20.4. The van der Waals surface area contributed by atoms with Crippen molar-refractivity contribution >= 4 is 53.1 Å². The van der Waals surface area contributed by atoms with E-state index in [1.807, 2.05) is 37.3 Å². The standard InChI is InChI=1S/C21H22N4S.C7H8OS.CH4/c1-3-19-18(14-22)17-10-11-20(24-12-4-5-13-24)23-21(17)25(19)26-16-8-6-15(2)7-9-16;1-6-2-4-7(9-8)5-3-6;/h3,6-11,14,22H,1,4-5,12-13H2,2H3;2-5,8H,1H3;1H4. The summed E-state index contributed by atoms with van der Waals surface area (Å²) in [6.07, 6.45) is 5.67. The topological polar surface area (TPSA) is 65.1 Å². The number of pyridine rings is 1. The second-order valence-electron chi connectivity index (χ2n) is 8.49. The van der Waals surface area contributed by atoms with E-state index in [-0.39, 0.29) is 7.43 Å². The largest absolute Gasteiger partial charge is 0.357 e. The molecule has 3 heterocycles. The van der Waals surface area contributed by atoms with Gasteiger partial charge < -0.3 is 14.9 Å². The Morgan fingerprint density at radius 1 is 0.917 bits per heavy atom. The van der Waals surface area contributed by atoms with Crippen LogP contribution >= 0.6 is 24.0 Å². The van der Waals surface area contributed by atoms with Gasteiger partial charge in [-0.3, -0.25) is 3.97 Å². The van der Waals surface area contributed by atoms with Gasteiger partial charge in [-0.2, -0.15) is 0 Å². The smallest absolute Gasteiger partial charge is 0.153 e. The van der Waals surface area contributed by atoms with E-state index in [9.17, 15) is 0 Å². The first-order valence-electron chi connectivity index (χ1n) is 11.6. The molecule has 0 unspecified atom stereocenters. The molecule has 2 aromatic carbocycles. The molecule has 2 aromatic heterocycles. The number of rotatable bonds is 6. The summed E-state index contributed by atoms with van der Waals surface area (Å²) in [5.41, 5.74) is 5.15. The molecule has 0 spiro atoms. The second kappa shape index (κ2) is 12.8. The van der Waals surface area contributed by atoms with E-state index in [0.29, 0.717) is 0 Å². The van der Waals surface area contributed by atoms with Crippen LogP contribution in [-0.4, -0.2) is 32.8 Å². The maximum atomic E-state index is 8.55. The highest BCUT2D eigenvalue weighted by Crippen LogP contribution is 2.34. The Kier molecular flexibility index (Phi) is 9.81. The molecule has 36 heavy (non-hydrogen) atoms. The maximum absolute atomic E-state index is 8.55. The van der Waals surface area contributed by atoms with Crippen molar-refractivity contribution < 1.29 is 4.55 Å². The Morgan fingerprint density at radius 2 is 1.50 bits per heavy atom. The van der Waals surface area contributed by atoms with E-state index in [4.69, 9.17) is 14.9 Å². The summed E-state index contributed by atoms with van der Waals surface area (Å²) >= 11 is 2.40. The fourth-order valence-corrected chi connectivity index (χ4v) is 5.25. The van der Waals surface area contributed by atoms with Gasteiger partial charge in [0.15, 0.2) is 5.65 Å². The van der Waals surface area contributed by atoms with Crippen LogP contribution in [-0.2, 0) is 0 Å². The number of anilines is 1. The van der Waals surface area contributed by atoms with Gasteiger partial charge in [0.05, 0.1) is 5.69 Å². The number of aromatic nitrogens is 2. The molecule has 2 N–H and O–H groups in total. The van der Waals surface area contributed by atoms with Crippen molar-refractivity contribution in [1.82, 2.24) is 8.96 Å². The van der Waals surface area contributed by atoms with Crippen LogP contribution in [0.4, 0.5) is 5.82 Å². The number of hydrogen-bond donors (Lipinski definition) is 2. The lowest BCUT2D eigenvalue weighted by atomic mass is 10.2. The molecule has 1 aliphatic rings. The maximum Gasteiger partial charge on any atom is 0.153 e. The Balaban J connectivity index is 0.000000307. The van der Waals surface area contributed by atoms with Crippen LogP contribution in [0.15, 0.2) is 77.0 Å². The monoisotopic (exact) mass is 518 g/mol. The van der Waals surface area contributed by atoms with Gasteiger partial charge in [0.25, 0.3) is 0 Å². The fraction of sp³-hybridized carbons (Fsp3) is 0.241. The predicted octanol–water partition coefficient (Wildman–Crippen LogP) is 8.34. The molecule has 0 bridgehead atoms. The first kappa shape index (κ1) is 27.6. The molecule has 7 heteroatoms. The van der Waals surface area contributed by atoms with Crippen molar-refractivity contribution in [3.8, 4) is 0 Å². The first-order chi connectivity index (χ1) is 17.0. The Labute approximate surface area is 223 Å². The van der Waals surface area contributed by atoms with Gasteiger partial charge in [-0.15, -0.1) is 0 Å². The van der Waals surface area contributed by atoms with Crippen LogP contribution in [0, 0.1) is 19.3 Å². The van der Waals surface area contributed by atoms with Gasteiger partial charge >= 0.3 is 0 Å². The normalized spacial score (nSPS) is 12.6. The average molecular weight is 519 g/mol. The molecule has 1 saturated heterocycles. The molecule has 4 aromatic rings. The summed E-state index contributed by atoms with van der Waals surface area (Å²) in [6.45, 7) is 10.2.